The van der Waals surface area contributed by atoms with Gasteiger partial charge in [0.25, 0.3) is 23.6 Å². The summed E-state index contributed by atoms with van der Waals surface area (Å²) in [7, 11) is 1.16. The minimum absolute atomic E-state index is 0.0850. The van der Waals surface area contributed by atoms with Gasteiger partial charge in [0.15, 0.2) is 11.5 Å². The second kappa shape index (κ2) is 18.6. The van der Waals surface area contributed by atoms with Crippen LogP contribution in [0.15, 0.2) is 66.7 Å². The van der Waals surface area contributed by atoms with Gasteiger partial charge in [-0.25, -0.2) is 9.59 Å². The maximum atomic E-state index is 14.3. The number of rotatable bonds is 17. The average molecular weight is 798 g/mol. The van der Waals surface area contributed by atoms with Gasteiger partial charge >= 0.3 is 12.1 Å². The predicted molar refractivity (Wildman–Crippen MR) is 208 cm³/mol. The fourth-order valence-corrected chi connectivity index (χ4v) is 6.93. The molecule has 16 nitrogen and oxygen atoms in total. The van der Waals surface area contributed by atoms with Gasteiger partial charge in [0.05, 0.1) is 29.4 Å². The maximum Gasteiger partial charge on any atom is 0.415 e. The molecule has 3 aromatic carbocycles. The summed E-state index contributed by atoms with van der Waals surface area (Å²) in [6.07, 6.45) is -0.240. The van der Waals surface area contributed by atoms with Gasteiger partial charge in [-0.3, -0.25) is 38.6 Å². The van der Waals surface area contributed by atoms with Gasteiger partial charge in [-0.2, -0.15) is 0 Å². The number of phenols is 1. The summed E-state index contributed by atoms with van der Waals surface area (Å²) in [6, 6.07) is 12.8. The van der Waals surface area contributed by atoms with E-state index in [0.717, 1.165) is 16.9 Å². The molecule has 2 heterocycles. The van der Waals surface area contributed by atoms with Gasteiger partial charge in [-0.1, -0.05) is 44.2 Å². The van der Waals surface area contributed by atoms with E-state index < -0.39 is 77.3 Å². The summed E-state index contributed by atoms with van der Waals surface area (Å²) in [6.45, 7) is 7.72. The van der Waals surface area contributed by atoms with E-state index in [2.05, 4.69) is 10.6 Å². The van der Waals surface area contributed by atoms with Crippen LogP contribution in [-0.4, -0.2) is 112 Å². The second-order valence-corrected chi connectivity index (χ2v) is 14.2. The van der Waals surface area contributed by atoms with E-state index in [1.807, 2.05) is 0 Å². The molecule has 16 heteroatoms. The summed E-state index contributed by atoms with van der Waals surface area (Å²) in [5.41, 5.74) is 1.13. The molecular weight excluding hydrogens is 750 g/mol. The number of nitrogens with one attached hydrogen (secondary N) is 2. The number of carbonyl (C=O) groups is 8. The average Bonchev–Trinajstić information content (AvgIpc) is 3.61. The number of carbonyl (C=O) groups excluding carboxylic acids is 8. The number of nitrogens with zero attached hydrogens (tertiary/aromatic N) is 3. The highest BCUT2D eigenvalue weighted by Gasteiger charge is 2.44. The highest BCUT2D eigenvalue weighted by molar-refractivity contribution is 6.23. The number of aromatic hydroxyl groups is 1. The van der Waals surface area contributed by atoms with Crippen LogP contribution in [0.25, 0.3) is 0 Å². The lowest BCUT2D eigenvalue weighted by atomic mass is 9.99. The summed E-state index contributed by atoms with van der Waals surface area (Å²) < 4.78 is 10.3. The molecule has 3 atom stereocenters. The first-order valence-corrected chi connectivity index (χ1v) is 19.1. The smallest absolute Gasteiger partial charge is 0.415 e. The van der Waals surface area contributed by atoms with Crippen LogP contribution in [0, 0.1) is 5.92 Å². The van der Waals surface area contributed by atoms with Crippen molar-refractivity contribution in [3.8, 4) is 11.5 Å². The van der Waals surface area contributed by atoms with Crippen LogP contribution in [0.1, 0.15) is 94.0 Å². The lowest BCUT2D eigenvalue weighted by Crippen LogP contribution is -2.58. The zero-order chi connectivity index (χ0) is 42.3. The van der Waals surface area contributed by atoms with Crippen molar-refractivity contribution in [2.45, 2.75) is 71.5 Å². The number of methoxy groups -OCH3 is 1. The van der Waals surface area contributed by atoms with E-state index in [4.69, 9.17) is 9.47 Å². The number of amides is 7. The van der Waals surface area contributed by atoms with E-state index in [0.29, 0.717) is 42.6 Å². The normalized spacial score (nSPS) is 14.8. The minimum atomic E-state index is -1.51. The highest BCUT2D eigenvalue weighted by atomic mass is 16.6. The number of hydrogen-bond donors (Lipinski definition) is 3. The van der Waals surface area contributed by atoms with E-state index in [1.165, 1.54) is 35.2 Å². The summed E-state index contributed by atoms with van der Waals surface area (Å²) >= 11 is 0. The Hall–Kier alpha value is -6.58. The number of unbranched alkanes of at least 4 members (excludes halogenated alkanes) is 1. The lowest BCUT2D eigenvalue weighted by molar-refractivity contribution is -0.145. The van der Waals surface area contributed by atoms with Crippen LogP contribution in [0.2, 0.25) is 0 Å². The maximum absolute atomic E-state index is 14.3. The number of ether oxygens (including phenoxy) is 2. The molecule has 0 aliphatic carbocycles. The van der Waals surface area contributed by atoms with Gasteiger partial charge in [0.2, 0.25) is 11.8 Å². The zero-order valence-corrected chi connectivity index (χ0v) is 33.0. The van der Waals surface area contributed by atoms with Crippen LogP contribution in [0.4, 0.5) is 4.79 Å². The quantitative estimate of drug-likeness (QED) is 0.102. The summed E-state index contributed by atoms with van der Waals surface area (Å²) in [5.74, 6) is -5.73. The fourth-order valence-electron chi connectivity index (χ4n) is 6.93. The molecule has 0 saturated heterocycles. The van der Waals surface area contributed by atoms with Crippen LogP contribution in [0.3, 0.4) is 0 Å². The van der Waals surface area contributed by atoms with Crippen molar-refractivity contribution in [1.29, 1.82) is 0 Å². The van der Waals surface area contributed by atoms with Crippen molar-refractivity contribution < 1.29 is 52.9 Å². The minimum Gasteiger partial charge on any atom is -0.504 e. The molecule has 58 heavy (non-hydrogen) atoms. The topological polar surface area (TPSA) is 209 Å². The van der Waals surface area contributed by atoms with Crippen LogP contribution in [0.5, 0.6) is 11.5 Å². The molecule has 3 N–H and O–H groups in total. The number of esters is 1. The molecule has 0 aromatic heterocycles. The molecule has 306 valence electrons. The number of hydrogen-bond acceptors (Lipinski definition) is 11. The Morgan fingerprint density at radius 1 is 0.759 bits per heavy atom. The highest BCUT2D eigenvalue weighted by Crippen LogP contribution is 2.31. The Balaban J connectivity index is 1.31. The van der Waals surface area contributed by atoms with Crippen molar-refractivity contribution in [1.82, 2.24) is 25.3 Å². The molecule has 5 rings (SSSR count). The molecule has 7 amide bonds. The van der Waals surface area contributed by atoms with Gasteiger partial charge < -0.3 is 30.1 Å². The molecule has 0 spiro atoms. The molecule has 0 radical (unpaired) electrons. The molecule has 0 bridgehead atoms. The molecule has 2 aliphatic rings. The third-order valence-electron chi connectivity index (χ3n) is 10.2. The monoisotopic (exact) mass is 797 g/mol. The van der Waals surface area contributed by atoms with Gasteiger partial charge in [-0.05, 0) is 81.0 Å². The largest absolute Gasteiger partial charge is 0.504 e. The Morgan fingerprint density at radius 3 is 1.81 bits per heavy atom. The number of benzene rings is 3. The van der Waals surface area contributed by atoms with Crippen molar-refractivity contribution in [3.63, 3.8) is 0 Å². The molecule has 0 fully saturated rings. The third kappa shape index (κ3) is 9.01. The molecular formula is C42H47N5O11. The standard InChI is InChI=1S/C42H47N5O11/c1-6-45(7-2)42(56)58-33-20-19-25(23-32(33)48)22-31(47-39(53)28-16-10-11-17-29(28)40(47)54)35(49)44-34(24(3)4)36(50)43-30(41(55)57-5)18-12-13-21-46-37(51)26-14-8-9-15-27(26)38(46)52/h8-11,14-17,19-20,23-24,30-31,34,48H,6-7,12-13,18,21-22H2,1-5H3,(H,43,50)(H,44,49)/t30-,31-,34-/m0/s1. The zero-order valence-electron chi connectivity index (χ0n) is 33.0. The first-order chi connectivity index (χ1) is 27.7. The summed E-state index contributed by atoms with van der Waals surface area (Å²) in [5, 5.41) is 16.1. The molecule has 0 unspecified atom stereocenters. The van der Waals surface area contributed by atoms with Crippen LogP contribution in [-0.2, 0) is 25.5 Å². The SMILES string of the molecule is CCN(CC)C(=O)Oc1ccc(C[C@@H](C(=O)N[C@H](C(=O)N[C@@H](CCCCN2C(=O)c3ccccc3C2=O)C(=O)OC)C(C)C)N2C(=O)c3ccccc3C2=O)cc1O. The molecule has 3 aromatic rings. The predicted octanol–water partition coefficient (Wildman–Crippen LogP) is 3.71. The van der Waals surface area contributed by atoms with E-state index in [9.17, 15) is 43.5 Å². The molecule has 2 aliphatic heterocycles. The number of fused-ring (bicyclic) bond motifs is 2. The first-order valence-electron chi connectivity index (χ1n) is 19.1. The van der Waals surface area contributed by atoms with Crippen LogP contribution < -0.4 is 15.4 Å². The first kappa shape index (κ1) is 42.6. The third-order valence-corrected chi connectivity index (χ3v) is 10.2. The van der Waals surface area contributed by atoms with Crippen molar-refractivity contribution in [2.24, 2.45) is 5.92 Å². The van der Waals surface area contributed by atoms with E-state index in [-0.39, 0.29) is 36.3 Å². The van der Waals surface area contributed by atoms with Crippen molar-refractivity contribution >= 4 is 47.5 Å². The Labute approximate surface area is 335 Å². The van der Waals surface area contributed by atoms with Crippen molar-refractivity contribution in [3.05, 3.63) is 94.5 Å². The van der Waals surface area contributed by atoms with Crippen LogP contribution >= 0.6 is 0 Å². The van der Waals surface area contributed by atoms with Gasteiger partial charge in [0.1, 0.15) is 18.1 Å². The van der Waals surface area contributed by atoms with Gasteiger partial charge in [0, 0.05) is 26.1 Å². The Bertz CT molecular complexity index is 2040. The Kier molecular flexibility index (Phi) is 13.6. The molecule has 0 saturated carbocycles. The number of phenolic OH excluding ortho intramolecular Hbond substituents is 1. The second-order valence-electron chi connectivity index (χ2n) is 14.2. The van der Waals surface area contributed by atoms with Gasteiger partial charge in [-0.15, -0.1) is 0 Å². The van der Waals surface area contributed by atoms with E-state index >= 15 is 0 Å². The van der Waals surface area contributed by atoms with E-state index in [1.54, 1.807) is 64.1 Å². The fraction of sp³-hybridized carbons (Fsp3) is 0.381. The lowest BCUT2D eigenvalue weighted by Gasteiger charge is -2.30. The summed E-state index contributed by atoms with van der Waals surface area (Å²) in [4.78, 5) is 110. The Morgan fingerprint density at radius 2 is 1.31 bits per heavy atom. The number of imide groups is 2. The van der Waals surface area contributed by atoms with Crippen molar-refractivity contribution in [2.75, 3.05) is 26.7 Å².